The zero-order valence-corrected chi connectivity index (χ0v) is 18.7. The molecular weight excluding hydrogens is 394 g/mol. The van der Waals surface area contributed by atoms with E-state index in [4.69, 9.17) is 19.2 Å². The third-order valence-corrected chi connectivity index (χ3v) is 5.26. The highest BCUT2D eigenvalue weighted by molar-refractivity contribution is 5.95. The summed E-state index contributed by atoms with van der Waals surface area (Å²) in [4.78, 5) is 17.5. The molecule has 7 heteroatoms. The second kappa shape index (κ2) is 10.7. The average molecular weight is 426 g/mol. The molecule has 166 valence electrons. The Morgan fingerprint density at radius 3 is 2.39 bits per heavy atom. The van der Waals surface area contributed by atoms with Crippen LogP contribution < -0.4 is 19.5 Å². The summed E-state index contributed by atoms with van der Waals surface area (Å²) >= 11 is 0. The monoisotopic (exact) mass is 425 g/mol. The molecule has 0 bridgehead atoms. The van der Waals surface area contributed by atoms with Crippen LogP contribution in [0.2, 0.25) is 0 Å². The van der Waals surface area contributed by atoms with E-state index in [9.17, 15) is 4.79 Å². The molecule has 0 atom stereocenters. The maximum Gasteiger partial charge on any atom is 0.251 e. The molecule has 0 radical (unpaired) electrons. The molecule has 1 N–H and O–H groups in total. The molecule has 0 unspecified atom stereocenters. The summed E-state index contributed by atoms with van der Waals surface area (Å²) in [7, 11) is 4.60. The van der Waals surface area contributed by atoms with Crippen LogP contribution in [0, 0.1) is 0 Å². The van der Waals surface area contributed by atoms with Gasteiger partial charge in [-0.1, -0.05) is 25.5 Å². The van der Waals surface area contributed by atoms with E-state index in [-0.39, 0.29) is 5.91 Å². The first kappa shape index (κ1) is 22.5. The Balaban J connectivity index is 1.64. The zero-order valence-electron chi connectivity index (χ0n) is 18.7. The Kier molecular flexibility index (Phi) is 7.76. The first-order valence-electron chi connectivity index (χ1n) is 10.6. The molecule has 7 nitrogen and oxygen atoms in total. The van der Waals surface area contributed by atoms with Gasteiger partial charge in [-0.05, 0) is 37.1 Å². The number of fused-ring (bicyclic) bond motifs is 1. The molecule has 0 aliphatic rings. The number of carbonyl (C=O) groups is 1. The molecule has 0 saturated heterocycles. The summed E-state index contributed by atoms with van der Waals surface area (Å²) in [6.07, 6.45) is 3.85. The summed E-state index contributed by atoms with van der Waals surface area (Å²) in [5.74, 6) is 2.26. The number of benzene rings is 2. The number of nitrogens with zero attached hydrogens (tertiary/aromatic N) is 2. The summed E-state index contributed by atoms with van der Waals surface area (Å²) < 4.78 is 18.3. The molecule has 0 aliphatic carbocycles. The van der Waals surface area contributed by atoms with Crippen LogP contribution in [0.25, 0.3) is 11.0 Å². The Labute approximate surface area is 183 Å². The minimum Gasteiger partial charge on any atom is -0.493 e. The van der Waals surface area contributed by atoms with Gasteiger partial charge in [-0.3, -0.25) is 4.79 Å². The molecule has 1 heterocycles. The van der Waals surface area contributed by atoms with Crippen LogP contribution in [0.1, 0.15) is 42.4 Å². The number of unbranched alkanes of at least 4 members (excludes halogenated alkanes) is 1. The molecule has 31 heavy (non-hydrogen) atoms. The summed E-state index contributed by atoms with van der Waals surface area (Å²) in [5.41, 5.74) is 2.66. The average Bonchev–Trinajstić information content (AvgIpc) is 3.16. The SMILES string of the molecule is CCCCn1c(CCCNC(=O)c2cc(OC)c(OC)c(OC)c2)nc2ccccc21. The van der Waals surface area contributed by atoms with Crippen LogP contribution in [0.15, 0.2) is 36.4 Å². The highest BCUT2D eigenvalue weighted by Gasteiger charge is 2.17. The van der Waals surface area contributed by atoms with Crippen LogP contribution >= 0.6 is 0 Å². The number of carbonyl (C=O) groups excluding carboxylic acids is 1. The second-order valence-electron chi connectivity index (χ2n) is 7.30. The number of para-hydroxylation sites is 2. The minimum absolute atomic E-state index is 0.182. The number of hydrogen-bond acceptors (Lipinski definition) is 5. The van der Waals surface area contributed by atoms with Gasteiger partial charge in [0.2, 0.25) is 5.75 Å². The van der Waals surface area contributed by atoms with Gasteiger partial charge in [0.25, 0.3) is 5.91 Å². The molecular formula is C24H31N3O4. The smallest absolute Gasteiger partial charge is 0.251 e. The van der Waals surface area contributed by atoms with Gasteiger partial charge in [0, 0.05) is 25.1 Å². The first-order valence-corrected chi connectivity index (χ1v) is 10.6. The third-order valence-electron chi connectivity index (χ3n) is 5.26. The summed E-state index contributed by atoms with van der Waals surface area (Å²) in [5, 5.41) is 2.98. The lowest BCUT2D eigenvalue weighted by Gasteiger charge is -2.14. The van der Waals surface area contributed by atoms with Crippen molar-refractivity contribution < 1.29 is 19.0 Å². The normalized spacial score (nSPS) is 10.8. The predicted octanol–water partition coefficient (Wildman–Crippen LogP) is 4.22. The molecule has 3 rings (SSSR count). The van der Waals surface area contributed by atoms with E-state index in [0.717, 1.165) is 43.6 Å². The van der Waals surface area contributed by atoms with Gasteiger partial charge in [0.05, 0.1) is 32.4 Å². The van der Waals surface area contributed by atoms with E-state index in [1.54, 1.807) is 12.1 Å². The summed E-state index contributed by atoms with van der Waals surface area (Å²) in [6.45, 7) is 3.70. The fourth-order valence-electron chi connectivity index (χ4n) is 3.64. The van der Waals surface area contributed by atoms with Gasteiger partial charge in [-0.15, -0.1) is 0 Å². The Morgan fingerprint density at radius 1 is 1.03 bits per heavy atom. The molecule has 3 aromatic rings. The largest absolute Gasteiger partial charge is 0.493 e. The van der Waals surface area contributed by atoms with Crippen molar-refractivity contribution in [3.05, 3.63) is 47.8 Å². The quantitative estimate of drug-likeness (QED) is 0.466. The molecule has 1 aromatic heterocycles. The number of methoxy groups -OCH3 is 3. The van der Waals surface area contributed by atoms with Gasteiger partial charge in [0.15, 0.2) is 11.5 Å². The lowest BCUT2D eigenvalue weighted by molar-refractivity contribution is 0.0952. The number of imidazole rings is 1. The third kappa shape index (κ3) is 5.10. The highest BCUT2D eigenvalue weighted by atomic mass is 16.5. The highest BCUT2D eigenvalue weighted by Crippen LogP contribution is 2.38. The summed E-state index contributed by atoms with van der Waals surface area (Å²) in [6, 6.07) is 11.5. The van der Waals surface area contributed by atoms with Gasteiger partial charge >= 0.3 is 0 Å². The van der Waals surface area contributed by atoms with Crippen molar-refractivity contribution in [3.8, 4) is 17.2 Å². The number of aryl methyl sites for hydroxylation is 2. The van der Waals surface area contributed by atoms with E-state index in [1.165, 1.54) is 26.8 Å². The Bertz CT molecular complexity index is 1000. The lowest BCUT2D eigenvalue weighted by Crippen LogP contribution is -2.25. The Morgan fingerprint density at radius 2 is 1.74 bits per heavy atom. The van der Waals surface area contributed by atoms with Crippen LogP contribution in [-0.4, -0.2) is 43.3 Å². The van der Waals surface area contributed by atoms with E-state index in [0.29, 0.717) is 29.4 Å². The van der Waals surface area contributed by atoms with Crippen LogP contribution in [0.3, 0.4) is 0 Å². The minimum atomic E-state index is -0.182. The molecule has 0 aliphatic heterocycles. The van der Waals surface area contributed by atoms with Crippen molar-refractivity contribution >= 4 is 16.9 Å². The Hall–Kier alpha value is -3.22. The van der Waals surface area contributed by atoms with Crippen molar-refractivity contribution in [1.82, 2.24) is 14.9 Å². The fourth-order valence-corrected chi connectivity index (χ4v) is 3.64. The van der Waals surface area contributed by atoms with Crippen molar-refractivity contribution in [1.29, 1.82) is 0 Å². The van der Waals surface area contributed by atoms with Crippen molar-refractivity contribution in [2.75, 3.05) is 27.9 Å². The van der Waals surface area contributed by atoms with Gasteiger partial charge < -0.3 is 24.1 Å². The maximum atomic E-state index is 12.7. The molecule has 2 aromatic carbocycles. The molecule has 0 fully saturated rings. The zero-order chi connectivity index (χ0) is 22.2. The van der Waals surface area contributed by atoms with Gasteiger partial charge in [-0.25, -0.2) is 4.98 Å². The number of aromatic nitrogens is 2. The van der Waals surface area contributed by atoms with Gasteiger partial charge in [0.1, 0.15) is 5.82 Å². The van der Waals surface area contributed by atoms with Crippen LogP contribution in [-0.2, 0) is 13.0 Å². The first-order chi connectivity index (χ1) is 15.1. The van der Waals surface area contributed by atoms with E-state index < -0.39 is 0 Å². The fraction of sp³-hybridized carbons (Fsp3) is 0.417. The standard InChI is InChI=1S/C24H31N3O4/c1-5-6-14-27-19-11-8-7-10-18(19)26-22(27)12-9-13-25-24(28)17-15-20(29-2)23(31-4)21(16-17)30-3/h7-8,10-11,15-16H,5-6,9,12-14H2,1-4H3,(H,25,28). The van der Waals surface area contributed by atoms with Crippen molar-refractivity contribution in [2.24, 2.45) is 0 Å². The van der Waals surface area contributed by atoms with Gasteiger partial charge in [-0.2, -0.15) is 0 Å². The number of nitrogens with one attached hydrogen (secondary N) is 1. The molecule has 1 amide bonds. The van der Waals surface area contributed by atoms with E-state index in [1.807, 2.05) is 18.2 Å². The second-order valence-corrected chi connectivity index (χ2v) is 7.30. The van der Waals surface area contributed by atoms with E-state index >= 15 is 0 Å². The topological polar surface area (TPSA) is 74.6 Å². The number of ether oxygens (including phenoxy) is 3. The van der Waals surface area contributed by atoms with E-state index in [2.05, 4.69) is 22.9 Å². The molecule has 0 spiro atoms. The lowest BCUT2D eigenvalue weighted by atomic mass is 10.1. The number of amides is 1. The van der Waals surface area contributed by atoms with Crippen LogP contribution in [0.4, 0.5) is 0 Å². The predicted molar refractivity (Wildman–Crippen MR) is 121 cm³/mol. The van der Waals surface area contributed by atoms with Crippen molar-refractivity contribution in [3.63, 3.8) is 0 Å². The van der Waals surface area contributed by atoms with Crippen LogP contribution in [0.5, 0.6) is 17.2 Å². The number of rotatable bonds is 11. The number of hydrogen-bond donors (Lipinski definition) is 1. The van der Waals surface area contributed by atoms with Crippen molar-refractivity contribution in [2.45, 2.75) is 39.2 Å². The molecule has 0 saturated carbocycles. The maximum absolute atomic E-state index is 12.7.